The molecule has 0 saturated heterocycles. The average molecular weight is 380 g/mol. The van der Waals surface area contributed by atoms with E-state index in [0.717, 1.165) is 0 Å². The normalized spacial score (nSPS) is 19.3. The Balaban J connectivity index is 2.00. The molecule has 6 nitrogen and oxygen atoms in total. The average Bonchev–Trinajstić information content (AvgIpc) is 3.02. The number of aryl methyl sites for hydroxylation is 1. The van der Waals surface area contributed by atoms with Crippen LogP contribution in [0.1, 0.15) is 17.0 Å². The minimum Gasteiger partial charge on any atom is -0.347 e. The number of hydrogen-bond acceptors (Lipinski definition) is 4. The van der Waals surface area contributed by atoms with E-state index in [0.29, 0.717) is 34.8 Å². The van der Waals surface area contributed by atoms with Crippen molar-refractivity contribution in [1.82, 2.24) is 10.1 Å². The summed E-state index contributed by atoms with van der Waals surface area (Å²) in [6, 6.07) is 4.46. The maximum absolute atomic E-state index is 13.6. The molecule has 3 heterocycles. The second-order valence-electron chi connectivity index (χ2n) is 5.44. The first kappa shape index (κ1) is 14.3. The molecule has 2 aromatic rings. The second-order valence-corrected chi connectivity index (χ2v) is 6.30. The molecule has 2 N–H and O–H groups in total. The van der Waals surface area contributed by atoms with Crippen molar-refractivity contribution in [1.29, 1.82) is 0 Å². The first-order chi connectivity index (χ1) is 11.0. The number of nitrogens with one attached hydrogen (secondary N) is 2. The Hall–Kier alpha value is -2.35. The zero-order valence-corrected chi connectivity index (χ0v) is 13.5. The standard InChI is InChI=1S/C15H11BrFN3O3/c1-20-13-12(15(22)23-20)10(6-2-3-8(17)7(16)4-6)11-9(19-13)5-18-14(11)21/h2-4,10,19H,5H2,1H3,(H,18,21). The number of amides is 1. The van der Waals surface area contributed by atoms with Crippen LogP contribution in [0.3, 0.4) is 0 Å². The van der Waals surface area contributed by atoms with Crippen molar-refractivity contribution in [3.05, 3.63) is 61.3 Å². The lowest BCUT2D eigenvalue weighted by Crippen LogP contribution is -2.24. The highest BCUT2D eigenvalue weighted by Crippen LogP contribution is 2.42. The van der Waals surface area contributed by atoms with Crippen LogP contribution >= 0.6 is 15.9 Å². The van der Waals surface area contributed by atoms with Gasteiger partial charge in [0.05, 0.1) is 28.1 Å². The van der Waals surface area contributed by atoms with Crippen molar-refractivity contribution < 1.29 is 13.7 Å². The molecule has 0 aliphatic carbocycles. The fourth-order valence-electron chi connectivity index (χ4n) is 3.11. The van der Waals surface area contributed by atoms with Crippen molar-refractivity contribution in [2.24, 2.45) is 7.05 Å². The van der Waals surface area contributed by atoms with Gasteiger partial charge in [-0.3, -0.25) is 4.79 Å². The van der Waals surface area contributed by atoms with Gasteiger partial charge in [-0.25, -0.2) is 9.18 Å². The predicted molar refractivity (Wildman–Crippen MR) is 83.6 cm³/mol. The highest BCUT2D eigenvalue weighted by atomic mass is 79.9. The van der Waals surface area contributed by atoms with Crippen LogP contribution in [0.15, 0.2) is 43.3 Å². The van der Waals surface area contributed by atoms with Crippen LogP contribution in [-0.2, 0) is 11.8 Å². The highest BCUT2D eigenvalue weighted by Gasteiger charge is 2.41. The predicted octanol–water partition coefficient (Wildman–Crippen LogP) is 1.82. The van der Waals surface area contributed by atoms with Crippen LogP contribution in [0.5, 0.6) is 0 Å². The largest absolute Gasteiger partial charge is 0.363 e. The first-order valence-electron chi connectivity index (χ1n) is 6.90. The van der Waals surface area contributed by atoms with E-state index >= 15 is 0 Å². The molecule has 118 valence electrons. The monoisotopic (exact) mass is 379 g/mol. The summed E-state index contributed by atoms with van der Waals surface area (Å²) in [5, 5.41) is 5.83. The van der Waals surface area contributed by atoms with Gasteiger partial charge in [-0.15, -0.1) is 0 Å². The molecule has 8 heteroatoms. The summed E-state index contributed by atoms with van der Waals surface area (Å²) in [6.07, 6.45) is 0. The molecule has 1 unspecified atom stereocenters. The van der Waals surface area contributed by atoms with Crippen LogP contribution in [0.4, 0.5) is 10.2 Å². The molecule has 0 bridgehead atoms. The third kappa shape index (κ3) is 1.98. The highest BCUT2D eigenvalue weighted by molar-refractivity contribution is 9.10. The number of carbonyl (C=O) groups excluding carboxylic acids is 1. The number of aromatic nitrogens is 1. The second kappa shape index (κ2) is 4.82. The van der Waals surface area contributed by atoms with Crippen molar-refractivity contribution in [3.8, 4) is 0 Å². The van der Waals surface area contributed by atoms with E-state index < -0.39 is 17.4 Å². The van der Waals surface area contributed by atoms with E-state index in [1.165, 1.54) is 10.8 Å². The molecule has 4 rings (SSSR count). The fourth-order valence-corrected chi connectivity index (χ4v) is 3.51. The zero-order chi connectivity index (χ0) is 16.3. The molecular formula is C15H11BrFN3O3. The fraction of sp³-hybridized carbons (Fsp3) is 0.200. The van der Waals surface area contributed by atoms with Gasteiger partial charge in [0.2, 0.25) is 5.91 Å². The molecule has 0 saturated carbocycles. The van der Waals surface area contributed by atoms with E-state index in [-0.39, 0.29) is 10.4 Å². The van der Waals surface area contributed by atoms with E-state index in [2.05, 4.69) is 26.6 Å². The Morgan fingerprint density at radius 3 is 2.91 bits per heavy atom. The third-order valence-corrected chi connectivity index (χ3v) is 4.74. The lowest BCUT2D eigenvalue weighted by molar-refractivity contribution is -0.116. The number of hydrogen-bond donors (Lipinski definition) is 2. The van der Waals surface area contributed by atoms with Crippen molar-refractivity contribution in [2.45, 2.75) is 5.92 Å². The van der Waals surface area contributed by atoms with Gasteiger partial charge in [-0.2, -0.15) is 4.74 Å². The number of nitrogens with zero attached hydrogens (tertiary/aromatic N) is 1. The molecule has 1 amide bonds. The molecule has 1 atom stereocenters. The Morgan fingerprint density at radius 1 is 1.39 bits per heavy atom. The van der Waals surface area contributed by atoms with Gasteiger partial charge in [0.1, 0.15) is 5.82 Å². The Labute approximate surface area is 138 Å². The Bertz CT molecular complexity index is 944. The number of rotatable bonds is 1. The van der Waals surface area contributed by atoms with Crippen molar-refractivity contribution in [2.75, 3.05) is 11.9 Å². The van der Waals surface area contributed by atoms with Gasteiger partial charge in [0.15, 0.2) is 5.82 Å². The maximum Gasteiger partial charge on any atom is 0.363 e. The van der Waals surface area contributed by atoms with E-state index in [9.17, 15) is 14.0 Å². The number of halogens is 2. The van der Waals surface area contributed by atoms with Crippen LogP contribution in [-0.4, -0.2) is 17.2 Å². The summed E-state index contributed by atoms with van der Waals surface area (Å²) in [7, 11) is 1.61. The molecule has 0 fully saturated rings. The summed E-state index contributed by atoms with van der Waals surface area (Å²) in [6.45, 7) is 0.353. The summed E-state index contributed by atoms with van der Waals surface area (Å²) in [5.41, 5.74) is 1.64. The van der Waals surface area contributed by atoms with Crippen LogP contribution in [0.2, 0.25) is 0 Å². The van der Waals surface area contributed by atoms with E-state index in [4.69, 9.17) is 4.52 Å². The minimum atomic E-state index is -0.599. The van der Waals surface area contributed by atoms with E-state index in [1.54, 1.807) is 19.2 Å². The molecule has 1 aromatic heterocycles. The Kier molecular flexibility index (Phi) is 2.99. The number of anilines is 1. The quantitative estimate of drug-likeness (QED) is 0.792. The van der Waals surface area contributed by atoms with E-state index in [1.807, 2.05) is 0 Å². The zero-order valence-electron chi connectivity index (χ0n) is 11.9. The molecule has 2 aliphatic rings. The summed E-state index contributed by atoms with van der Waals surface area (Å²) in [4.78, 5) is 24.5. The van der Waals surface area contributed by atoms with Gasteiger partial charge >= 0.3 is 5.63 Å². The van der Waals surface area contributed by atoms with Crippen LogP contribution in [0.25, 0.3) is 0 Å². The van der Waals surface area contributed by atoms with Crippen molar-refractivity contribution in [3.63, 3.8) is 0 Å². The maximum atomic E-state index is 13.6. The third-order valence-electron chi connectivity index (χ3n) is 4.13. The molecule has 0 spiro atoms. The van der Waals surface area contributed by atoms with Crippen LogP contribution in [0, 0.1) is 5.82 Å². The van der Waals surface area contributed by atoms with Crippen LogP contribution < -0.4 is 16.3 Å². The number of carbonyl (C=O) groups is 1. The lowest BCUT2D eigenvalue weighted by atomic mass is 9.83. The molecule has 1 aromatic carbocycles. The van der Waals surface area contributed by atoms with Gasteiger partial charge in [0.25, 0.3) is 0 Å². The Morgan fingerprint density at radius 2 is 2.17 bits per heavy atom. The number of benzene rings is 1. The molecule has 0 radical (unpaired) electrons. The van der Waals surface area contributed by atoms with Crippen molar-refractivity contribution >= 4 is 27.7 Å². The minimum absolute atomic E-state index is 0.244. The van der Waals surface area contributed by atoms with Gasteiger partial charge < -0.3 is 15.2 Å². The first-order valence-corrected chi connectivity index (χ1v) is 7.70. The number of fused-ring (bicyclic) bond motifs is 1. The van der Waals surface area contributed by atoms with Gasteiger partial charge in [-0.1, -0.05) is 6.07 Å². The SMILES string of the molecule is Cn1oc(=O)c2c1NC1=C(C(=O)NC1)C2c1ccc(F)c(Br)c1. The van der Waals surface area contributed by atoms with Gasteiger partial charge in [-0.05, 0) is 33.6 Å². The molecular weight excluding hydrogens is 369 g/mol. The van der Waals surface area contributed by atoms with Gasteiger partial charge in [0, 0.05) is 12.7 Å². The summed E-state index contributed by atoms with van der Waals surface area (Å²) < 4.78 is 20.3. The lowest BCUT2D eigenvalue weighted by Gasteiger charge is -2.24. The summed E-state index contributed by atoms with van der Waals surface area (Å²) in [5.74, 6) is -0.742. The molecule has 23 heavy (non-hydrogen) atoms. The molecule has 2 aliphatic heterocycles. The summed E-state index contributed by atoms with van der Waals surface area (Å²) >= 11 is 3.15. The topological polar surface area (TPSA) is 76.3 Å². The smallest absolute Gasteiger partial charge is 0.347 e.